The zero-order valence-electron chi connectivity index (χ0n) is 17.5. The lowest BCUT2D eigenvalue weighted by Gasteiger charge is -2.54. The lowest BCUT2D eigenvalue weighted by Crippen LogP contribution is -2.60. The maximum absolute atomic E-state index is 13.3. The van der Waals surface area contributed by atoms with Crippen LogP contribution in [0, 0.1) is 0 Å². The van der Waals surface area contributed by atoms with E-state index in [9.17, 15) is 18.0 Å². The van der Waals surface area contributed by atoms with Crippen molar-refractivity contribution in [3.63, 3.8) is 0 Å². The lowest BCUT2D eigenvalue weighted by atomic mass is 9.68. The van der Waals surface area contributed by atoms with Gasteiger partial charge in [-0.15, -0.1) is 11.8 Å². The molecule has 7 heteroatoms. The Hall–Kier alpha value is -1.99. The normalized spacial score (nSPS) is 19.6. The summed E-state index contributed by atoms with van der Waals surface area (Å²) in [5, 5.41) is 3.23. The number of hydrogen-bond donors (Lipinski definition) is 1. The van der Waals surface area contributed by atoms with Crippen LogP contribution in [0.4, 0.5) is 13.2 Å². The molecule has 1 heterocycles. The van der Waals surface area contributed by atoms with Crippen molar-refractivity contribution in [2.75, 3.05) is 19.3 Å². The smallest absolute Gasteiger partial charge is 0.343 e. The highest BCUT2D eigenvalue weighted by Crippen LogP contribution is 2.48. The summed E-state index contributed by atoms with van der Waals surface area (Å²) in [4.78, 5) is 16.2. The van der Waals surface area contributed by atoms with Crippen molar-refractivity contribution in [2.24, 2.45) is 0 Å². The van der Waals surface area contributed by atoms with Gasteiger partial charge in [-0.1, -0.05) is 30.3 Å². The third-order valence-corrected chi connectivity index (χ3v) is 7.45. The molecule has 4 rings (SSSR count). The Morgan fingerprint density at radius 2 is 1.74 bits per heavy atom. The second-order valence-electron chi connectivity index (χ2n) is 8.38. The zero-order valence-corrected chi connectivity index (χ0v) is 18.4. The first kappa shape index (κ1) is 22.2. The predicted octanol–water partition coefficient (Wildman–Crippen LogP) is 5.92. The number of amides is 1. The number of benzene rings is 2. The third-order valence-electron chi connectivity index (χ3n) is 6.67. The monoisotopic (exact) mass is 448 g/mol. The van der Waals surface area contributed by atoms with Crippen molar-refractivity contribution in [1.29, 1.82) is 0 Å². The van der Waals surface area contributed by atoms with Gasteiger partial charge in [-0.25, -0.2) is 0 Å². The minimum absolute atomic E-state index is 0.126. The number of halogens is 3. The number of hydrogen-bond acceptors (Lipinski definition) is 3. The van der Waals surface area contributed by atoms with Crippen molar-refractivity contribution in [2.45, 2.75) is 54.8 Å². The van der Waals surface area contributed by atoms with Crippen LogP contribution in [0.15, 0.2) is 53.4 Å². The van der Waals surface area contributed by atoms with Gasteiger partial charge in [-0.05, 0) is 75.2 Å². The second-order valence-corrected chi connectivity index (χ2v) is 9.23. The standard InChI is InChI=1S/C24H27F3N2OS/c1-31-20-16-18(24(25,26)27)10-11-19(20)22(30)28-21(17-8-3-2-4-9-17)23(12-7-13-23)29-14-5-6-15-29/h2-4,8-11,16,21H,5-7,12-15H2,1H3,(H,28,30). The fourth-order valence-corrected chi connectivity index (χ4v) is 5.55. The molecule has 166 valence electrons. The molecule has 1 amide bonds. The number of alkyl halides is 3. The van der Waals surface area contributed by atoms with Gasteiger partial charge in [0.1, 0.15) is 0 Å². The zero-order chi connectivity index (χ0) is 22.1. The maximum atomic E-state index is 13.3. The van der Waals surface area contributed by atoms with Crippen LogP contribution in [0.5, 0.6) is 0 Å². The average molecular weight is 449 g/mol. The number of likely N-dealkylation sites (tertiary alicyclic amines) is 1. The van der Waals surface area contributed by atoms with E-state index >= 15 is 0 Å². The molecule has 3 nitrogen and oxygen atoms in total. The van der Waals surface area contributed by atoms with Gasteiger partial charge in [0.15, 0.2) is 0 Å². The largest absolute Gasteiger partial charge is 0.416 e. The number of carbonyl (C=O) groups excluding carboxylic acids is 1. The number of carbonyl (C=O) groups is 1. The topological polar surface area (TPSA) is 32.3 Å². The molecule has 1 unspecified atom stereocenters. The minimum Gasteiger partial charge on any atom is -0.343 e. The van der Waals surface area contributed by atoms with Crippen molar-refractivity contribution >= 4 is 17.7 Å². The molecule has 2 aromatic rings. The second kappa shape index (κ2) is 8.87. The highest BCUT2D eigenvalue weighted by Gasteiger charge is 2.50. The Kier molecular flexibility index (Phi) is 6.35. The average Bonchev–Trinajstić information content (AvgIpc) is 3.26. The van der Waals surface area contributed by atoms with E-state index in [0.29, 0.717) is 4.90 Å². The third kappa shape index (κ3) is 4.35. The summed E-state index contributed by atoms with van der Waals surface area (Å²) >= 11 is 1.16. The molecule has 0 spiro atoms. The van der Waals surface area contributed by atoms with Gasteiger partial charge >= 0.3 is 6.18 Å². The number of rotatable bonds is 6. The Morgan fingerprint density at radius 1 is 1.06 bits per heavy atom. The van der Waals surface area contributed by atoms with Crippen LogP contribution in [0.2, 0.25) is 0 Å². The van der Waals surface area contributed by atoms with Crippen molar-refractivity contribution < 1.29 is 18.0 Å². The number of nitrogens with zero attached hydrogens (tertiary/aromatic N) is 1. The van der Waals surface area contributed by atoms with Gasteiger partial charge in [0, 0.05) is 10.4 Å². The molecule has 2 aliphatic rings. The van der Waals surface area contributed by atoms with Crippen LogP contribution >= 0.6 is 11.8 Å². The molecule has 1 atom stereocenters. The van der Waals surface area contributed by atoms with Crippen molar-refractivity contribution in [3.05, 3.63) is 65.2 Å². The van der Waals surface area contributed by atoms with Crippen LogP contribution in [0.1, 0.15) is 59.6 Å². The van der Waals surface area contributed by atoms with Gasteiger partial charge in [-0.2, -0.15) is 13.2 Å². The van der Waals surface area contributed by atoms with Gasteiger partial charge in [0.25, 0.3) is 5.91 Å². The summed E-state index contributed by atoms with van der Waals surface area (Å²) in [5.74, 6) is -0.322. The first-order valence-electron chi connectivity index (χ1n) is 10.7. The molecule has 0 aromatic heterocycles. The highest BCUT2D eigenvalue weighted by molar-refractivity contribution is 7.98. The first-order valence-corrected chi connectivity index (χ1v) is 11.9. The molecule has 31 heavy (non-hydrogen) atoms. The quantitative estimate of drug-likeness (QED) is 0.557. The SMILES string of the molecule is CSc1cc(C(F)(F)F)ccc1C(=O)NC(c1ccccc1)C1(N2CCCC2)CCC1. The van der Waals surface area contributed by atoms with Crippen molar-refractivity contribution in [3.8, 4) is 0 Å². The van der Waals surface area contributed by atoms with E-state index in [2.05, 4.69) is 10.2 Å². The highest BCUT2D eigenvalue weighted by atomic mass is 32.2. The lowest BCUT2D eigenvalue weighted by molar-refractivity contribution is -0.137. The summed E-state index contributed by atoms with van der Waals surface area (Å²) in [7, 11) is 0. The summed E-state index contributed by atoms with van der Waals surface area (Å²) in [6.07, 6.45) is 2.71. The summed E-state index contributed by atoms with van der Waals surface area (Å²) in [5.41, 5.74) is 0.469. The molecule has 2 fully saturated rings. The van der Waals surface area contributed by atoms with E-state index in [-0.39, 0.29) is 23.1 Å². The molecule has 1 saturated carbocycles. The maximum Gasteiger partial charge on any atom is 0.416 e. The van der Waals surface area contributed by atoms with E-state index in [0.717, 1.165) is 74.7 Å². The Balaban J connectivity index is 1.67. The van der Waals surface area contributed by atoms with Crippen LogP contribution in [0.3, 0.4) is 0 Å². The van der Waals surface area contributed by atoms with Gasteiger partial charge in [0.05, 0.1) is 17.2 Å². The van der Waals surface area contributed by atoms with Crippen LogP contribution in [0.25, 0.3) is 0 Å². The molecule has 1 N–H and O–H groups in total. The van der Waals surface area contributed by atoms with E-state index in [1.807, 2.05) is 30.3 Å². The fourth-order valence-electron chi connectivity index (χ4n) is 4.93. The molecule has 1 aliphatic heterocycles. The van der Waals surface area contributed by atoms with E-state index in [1.54, 1.807) is 6.26 Å². The van der Waals surface area contributed by atoms with Gasteiger partial charge in [-0.3, -0.25) is 9.69 Å². The Bertz CT molecular complexity index is 922. The van der Waals surface area contributed by atoms with Gasteiger partial charge in [0.2, 0.25) is 0 Å². The minimum atomic E-state index is -4.43. The van der Waals surface area contributed by atoms with Gasteiger partial charge < -0.3 is 5.32 Å². The molecule has 0 radical (unpaired) electrons. The fraction of sp³-hybridized carbons (Fsp3) is 0.458. The Morgan fingerprint density at radius 3 is 2.29 bits per heavy atom. The Labute approximate surface area is 185 Å². The molecule has 2 aromatic carbocycles. The van der Waals surface area contributed by atoms with E-state index in [4.69, 9.17) is 0 Å². The molecule has 1 saturated heterocycles. The van der Waals surface area contributed by atoms with Crippen molar-refractivity contribution in [1.82, 2.24) is 10.2 Å². The molecular weight excluding hydrogens is 421 g/mol. The summed E-state index contributed by atoms with van der Waals surface area (Å²) < 4.78 is 39.4. The summed E-state index contributed by atoms with van der Waals surface area (Å²) in [6, 6.07) is 13.1. The number of thioether (sulfide) groups is 1. The summed E-state index contributed by atoms with van der Waals surface area (Å²) in [6.45, 7) is 2.05. The van der Waals surface area contributed by atoms with E-state index < -0.39 is 11.7 Å². The molecule has 0 bridgehead atoms. The van der Waals surface area contributed by atoms with Crippen LogP contribution < -0.4 is 5.32 Å². The molecular formula is C24H27F3N2OS. The van der Waals surface area contributed by atoms with Crippen LogP contribution in [-0.2, 0) is 6.18 Å². The number of nitrogens with one attached hydrogen (secondary N) is 1. The van der Waals surface area contributed by atoms with E-state index in [1.165, 1.54) is 6.07 Å². The predicted molar refractivity (Wildman–Crippen MR) is 117 cm³/mol. The van der Waals surface area contributed by atoms with Crippen LogP contribution in [-0.4, -0.2) is 35.7 Å². The first-order chi connectivity index (χ1) is 14.8. The molecule has 1 aliphatic carbocycles.